The van der Waals surface area contributed by atoms with Crippen LogP contribution in [-0.4, -0.2) is 57.9 Å². The molecule has 0 aromatic rings. The fraction of sp³-hybridized carbons (Fsp3) is 1.00. The zero-order chi connectivity index (χ0) is 13.7. The summed E-state index contributed by atoms with van der Waals surface area (Å²) in [6, 6.07) is 0.655. The molecule has 0 radical (unpaired) electrons. The van der Waals surface area contributed by atoms with Crippen molar-refractivity contribution < 1.29 is 13.2 Å². The molecule has 0 atom stereocenters. The topological polar surface area (TPSA) is 58.6 Å². The standard InChI is InChI=1S/C13H26N2O3S/c1-15(11-12-5-8-18-9-6-12)19(16,17)10-2-7-14-13-3-4-13/h12-14H,2-11H2,1H3. The van der Waals surface area contributed by atoms with Crippen LogP contribution in [0.3, 0.4) is 0 Å². The Hall–Kier alpha value is -0.170. The lowest BCUT2D eigenvalue weighted by Crippen LogP contribution is -2.36. The van der Waals surface area contributed by atoms with Gasteiger partial charge in [-0.1, -0.05) is 0 Å². The minimum atomic E-state index is -3.08. The van der Waals surface area contributed by atoms with Gasteiger partial charge in [0.05, 0.1) is 5.75 Å². The lowest BCUT2D eigenvalue weighted by atomic mass is 10.0. The molecule has 6 heteroatoms. The first-order valence-corrected chi connectivity index (χ1v) is 8.94. The van der Waals surface area contributed by atoms with Gasteiger partial charge in [0.2, 0.25) is 10.0 Å². The largest absolute Gasteiger partial charge is 0.381 e. The molecule has 2 aliphatic rings. The van der Waals surface area contributed by atoms with Gasteiger partial charge in [-0.2, -0.15) is 0 Å². The monoisotopic (exact) mass is 290 g/mol. The molecule has 0 aromatic heterocycles. The molecule has 0 amide bonds. The number of rotatable bonds is 8. The third kappa shape index (κ3) is 5.38. The molecule has 112 valence electrons. The van der Waals surface area contributed by atoms with E-state index in [1.165, 1.54) is 12.8 Å². The van der Waals surface area contributed by atoms with Crippen LogP contribution in [0, 0.1) is 5.92 Å². The highest BCUT2D eigenvalue weighted by Gasteiger charge is 2.24. The highest BCUT2D eigenvalue weighted by atomic mass is 32.2. The average molecular weight is 290 g/mol. The van der Waals surface area contributed by atoms with Crippen molar-refractivity contribution in [2.75, 3.05) is 39.1 Å². The van der Waals surface area contributed by atoms with Gasteiger partial charge in [0, 0.05) is 32.8 Å². The van der Waals surface area contributed by atoms with Gasteiger partial charge in [-0.05, 0) is 44.6 Å². The Kier molecular flexibility index (Phi) is 5.62. The molecule has 1 saturated carbocycles. The predicted octanol–water partition coefficient (Wildman–Crippen LogP) is 0.817. The molecule has 1 saturated heterocycles. The second-order valence-electron chi connectivity index (χ2n) is 5.73. The Morgan fingerprint density at radius 1 is 1.21 bits per heavy atom. The maximum absolute atomic E-state index is 12.1. The van der Waals surface area contributed by atoms with E-state index in [4.69, 9.17) is 4.74 Å². The maximum Gasteiger partial charge on any atom is 0.213 e. The van der Waals surface area contributed by atoms with Crippen LogP contribution in [0.4, 0.5) is 0 Å². The Labute approximate surface area is 116 Å². The van der Waals surface area contributed by atoms with E-state index >= 15 is 0 Å². The summed E-state index contributed by atoms with van der Waals surface area (Å²) in [5.41, 5.74) is 0. The first-order chi connectivity index (χ1) is 9.08. The van der Waals surface area contributed by atoms with Crippen molar-refractivity contribution in [3.63, 3.8) is 0 Å². The number of nitrogens with zero attached hydrogens (tertiary/aromatic N) is 1. The fourth-order valence-electron chi connectivity index (χ4n) is 2.41. The smallest absolute Gasteiger partial charge is 0.213 e. The summed E-state index contributed by atoms with van der Waals surface area (Å²) < 4.78 is 31.1. The van der Waals surface area contributed by atoms with Gasteiger partial charge in [-0.25, -0.2) is 12.7 Å². The summed E-state index contributed by atoms with van der Waals surface area (Å²) in [7, 11) is -1.38. The number of ether oxygens (including phenoxy) is 1. The van der Waals surface area contributed by atoms with E-state index in [1.807, 2.05) is 0 Å². The maximum atomic E-state index is 12.1. The van der Waals surface area contributed by atoms with E-state index in [9.17, 15) is 8.42 Å². The molecule has 19 heavy (non-hydrogen) atoms. The minimum absolute atomic E-state index is 0.256. The van der Waals surface area contributed by atoms with Crippen LogP contribution >= 0.6 is 0 Å². The summed E-state index contributed by atoms with van der Waals surface area (Å²) in [4.78, 5) is 0. The highest BCUT2D eigenvalue weighted by Crippen LogP contribution is 2.19. The third-order valence-electron chi connectivity index (χ3n) is 3.92. The van der Waals surface area contributed by atoms with Crippen LogP contribution in [0.25, 0.3) is 0 Å². The van der Waals surface area contributed by atoms with E-state index in [0.717, 1.165) is 32.6 Å². The minimum Gasteiger partial charge on any atom is -0.381 e. The van der Waals surface area contributed by atoms with Crippen molar-refractivity contribution in [2.24, 2.45) is 5.92 Å². The Morgan fingerprint density at radius 3 is 2.53 bits per heavy atom. The second kappa shape index (κ2) is 7.02. The molecule has 2 fully saturated rings. The average Bonchev–Trinajstić information content (AvgIpc) is 3.20. The van der Waals surface area contributed by atoms with E-state index in [1.54, 1.807) is 11.4 Å². The second-order valence-corrected chi connectivity index (χ2v) is 7.93. The molecule has 0 unspecified atom stereocenters. The number of sulfonamides is 1. The molecular weight excluding hydrogens is 264 g/mol. The number of hydrogen-bond acceptors (Lipinski definition) is 4. The van der Waals surface area contributed by atoms with Crippen LogP contribution in [-0.2, 0) is 14.8 Å². The van der Waals surface area contributed by atoms with E-state index in [-0.39, 0.29) is 5.75 Å². The van der Waals surface area contributed by atoms with Crippen molar-refractivity contribution in [1.29, 1.82) is 0 Å². The SMILES string of the molecule is CN(CC1CCOCC1)S(=O)(=O)CCCNC1CC1. The molecule has 0 aromatic carbocycles. The summed E-state index contributed by atoms with van der Waals surface area (Å²) in [5, 5.41) is 3.35. The van der Waals surface area contributed by atoms with Crippen LogP contribution in [0.15, 0.2) is 0 Å². The highest BCUT2D eigenvalue weighted by molar-refractivity contribution is 7.89. The molecule has 5 nitrogen and oxygen atoms in total. The number of hydrogen-bond donors (Lipinski definition) is 1. The Balaban J connectivity index is 1.67. The molecule has 0 bridgehead atoms. The Morgan fingerprint density at radius 2 is 1.89 bits per heavy atom. The van der Waals surface area contributed by atoms with Crippen LogP contribution in [0.5, 0.6) is 0 Å². The van der Waals surface area contributed by atoms with Crippen LogP contribution < -0.4 is 5.32 Å². The Bertz CT molecular complexity index is 362. The molecule has 1 heterocycles. The summed E-state index contributed by atoms with van der Waals surface area (Å²) in [5.74, 6) is 0.713. The van der Waals surface area contributed by atoms with Crippen LogP contribution in [0.2, 0.25) is 0 Å². The zero-order valence-electron chi connectivity index (χ0n) is 11.8. The van der Waals surface area contributed by atoms with Gasteiger partial charge in [0.15, 0.2) is 0 Å². The lowest BCUT2D eigenvalue weighted by Gasteiger charge is -2.26. The van der Waals surface area contributed by atoms with Gasteiger partial charge in [0.1, 0.15) is 0 Å². The third-order valence-corrected chi connectivity index (χ3v) is 5.82. The van der Waals surface area contributed by atoms with Gasteiger partial charge >= 0.3 is 0 Å². The van der Waals surface area contributed by atoms with Crippen LogP contribution in [0.1, 0.15) is 32.1 Å². The molecule has 2 rings (SSSR count). The lowest BCUT2D eigenvalue weighted by molar-refractivity contribution is 0.0620. The van der Waals surface area contributed by atoms with E-state index in [0.29, 0.717) is 24.9 Å². The predicted molar refractivity (Wildman–Crippen MR) is 75.6 cm³/mol. The molecule has 1 aliphatic heterocycles. The van der Waals surface area contributed by atoms with E-state index < -0.39 is 10.0 Å². The summed E-state index contributed by atoms with van der Waals surface area (Å²) in [6.07, 6.45) is 5.15. The van der Waals surface area contributed by atoms with Gasteiger partial charge in [-0.15, -0.1) is 0 Å². The van der Waals surface area contributed by atoms with E-state index in [2.05, 4.69) is 5.32 Å². The van der Waals surface area contributed by atoms with Crippen molar-refractivity contribution in [3.05, 3.63) is 0 Å². The number of nitrogens with one attached hydrogen (secondary N) is 1. The summed E-state index contributed by atoms with van der Waals surface area (Å²) in [6.45, 7) is 2.99. The zero-order valence-corrected chi connectivity index (χ0v) is 12.6. The first-order valence-electron chi connectivity index (χ1n) is 7.33. The van der Waals surface area contributed by atoms with Crippen molar-refractivity contribution in [2.45, 2.75) is 38.1 Å². The van der Waals surface area contributed by atoms with Gasteiger partial charge in [-0.3, -0.25) is 0 Å². The fourth-order valence-corrected chi connectivity index (χ4v) is 3.67. The van der Waals surface area contributed by atoms with Crippen molar-refractivity contribution in [3.8, 4) is 0 Å². The van der Waals surface area contributed by atoms with Gasteiger partial charge < -0.3 is 10.1 Å². The molecular formula is C13H26N2O3S. The summed E-state index contributed by atoms with van der Waals surface area (Å²) >= 11 is 0. The normalized spacial score (nSPS) is 22.0. The molecule has 0 spiro atoms. The first kappa shape index (κ1) is 15.2. The van der Waals surface area contributed by atoms with Crippen molar-refractivity contribution in [1.82, 2.24) is 9.62 Å². The quantitative estimate of drug-likeness (QED) is 0.672. The van der Waals surface area contributed by atoms with Gasteiger partial charge in [0.25, 0.3) is 0 Å². The van der Waals surface area contributed by atoms with Crippen molar-refractivity contribution >= 4 is 10.0 Å². The molecule has 1 N–H and O–H groups in total. The molecule has 1 aliphatic carbocycles.